The summed E-state index contributed by atoms with van der Waals surface area (Å²) in [5.74, 6) is 0.0794. The first-order chi connectivity index (χ1) is 10.1. The lowest BCUT2D eigenvalue weighted by atomic mass is 9.63. The standard InChI is InChI=1S/C17H16ClNO2/c1-9-8-12(6-7-13(9)18)19-16(20)14-10-2-3-11(5-4-10)15(14)17(19)21/h2-3,6-8,10-11,14-15H,4-5H2,1H3. The number of rotatable bonds is 1. The number of allylic oxidation sites excluding steroid dienone is 2. The van der Waals surface area contributed by atoms with Crippen LogP contribution in [-0.4, -0.2) is 11.8 Å². The van der Waals surface area contributed by atoms with E-state index in [0.29, 0.717) is 10.7 Å². The largest absolute Gasteiger partial charge is 0.274 e. The van der Waals surface area contributed by atoms with Gasteiger partial charge in [-0.25, -0.2) is 0 Å². The van der Waals surface area contributed by atoms with Gasteiger partial charge in [0.2, 0.25) is 11.8 Å². The molecule has 5 rings (SSSR count). The van der Waals surface area contributed by atoms with Crippen LogP contribution < -0.4 is 4.90 Å². The molecule has 3 nitrogen and oxygen atoms in total. The van der Waals surface area contributed by atoms with Gasteiger partial charge < -0.3 is 0 Å². The van der Waals surface area contributed by atoms with Crippen molar-refractivity contribution in [2.75, 3.05) is 4.90 Å². The Kier molecular flexibility index (Phi) is 2.77. The number of hydrogen-bond donors (Lipinski definition) is 0. The molecular formula is C17H16ClNO2. The molecule has 1 aromatic carbocycles. The maximum absolute atomic E-state index is 12.8. The molecule has 0 N–H and O–H groups in total. The highest BCUT2D eigenvalue weighted by atomic mass is 35.5. The molecule has 1 aromatic rings. The maximum Gasteiger partial charge on any atom is 0.238 e. The van der Waals surface area contributed by atoms with E-state index in [9.17, 15) is 9.59 Å². The number of carbonyl (C=O) groups excluding carboxylic acids is 2. The predicted octanol–water partition coefficient (Wildman–Crippen LogP) is 3.35. The average Bonchev–Trinajstić information content (AvgIpc) is 2.78. The zero-order valence-corrected chi connectivity index (χ0v) is 12.5. The Balaban J connectivity index is 1.76. The molecule has 4 heteroatoms. The molecule has 108 valence electrons. The number of fused-ring (bicyclic) bond motifs is 1. The molecular weight excluding hydrogens is 286 g/mol. The van der Waals surface area contributed by atoms with Crippen molar-refractivity contribution in [3.63, 3.8) is 0 Å². The Hall–Kier alpha value is -1.61. The monoisotopic (exact) mass is 301 g/mol. The summed E-state index contributed by atoms with van der Waals surface area (Å²) in [7, 11) is 0. The van der Waals surface area contributed by atoms with Crippen LogP contribution in [0.4, 0.5) is 5.69 Å². The summed E-state index contributed by atoms with van der Waals surface area (Å²) in [6, 6.07) is 5.34. The molecule has 0 radical (unpaired) electrons. The van der Waals surface area contributed by atoms with E-state index in [-0.39, 0.29) is 35.5 Å². The summed E-state index contributed by atoms with van der Waals surface area (Å²) in [4.78, 5) is 26.9. The molecule has 21 heavy (non-hydrogen) atoms. The summed E-state index contributed by atoms with van der Waals surface area (Å²) >= 11 is 6.04. The third kappa shape index (κ3) is 1.73. The Morgan fingerprint density at radius 1 is 1.05 bits per heavy atom. The SMILES string of the molecule is Cc1cc(N2C(=O)C3C4C=CC(CC4)C3C2=O)ccc1Cl. The molecule has 2 amide bonds. The van der Waals surface area contributed by atoms with Crippen molar-refractivity contribution in [2.24, 2.45) is 23.7 Å². The lowest BCUT2D eigenvalue weighted by Gasteiger charge is -2.38. The second-order valence-corrected chi connectivity index (χ2v) is 6.69. The summed E-state index contributed by atoms with van der Waals surface area (Å²) in [5, 5.41) is 0.650. The van der Waals surface area contributed by atoms with Crippen molar-refractivity contribution >= 4 is 29.1 Å². The number of amides is 2. The van der Waals surface area contributed by atoms with Crippen LogP contribution in [0.2, 0.25) is 5.02 Å². The highest BCUT2D eigenvalue weighted by Crippen LogP contribution is 2.50. The molecule has 2 bridgehead atoms. The predicted molar refractivity (Wildman–Crippen MR) is 81.0 cm³/mol. The lowest BCUT2D eigenvalue weighted by molar-refractivity contribution is -0.124. The van der Waals surface area contributed by atoms with E-state index in [1.165, 1.54) is 4.90 Å². The molecule has 4 aliphatic rings. The molecule has 1 aliphatic heterocycles. The van der Waals surface area contributed by atoms with Crippen molar-refractivity contribution in [3.05, 3.63) is 40.9 Å². The van der Waals surface area contributed by atoms with Gasteiger partial charge >= 0.3 is 0 Å². The summed E-state index contributed by atoms with van der Waals surface area (Å²) in [6.07, 6.45) is 6.32. The van der Waals surface area contributed by atoms with Crippen LogP contribution in [0.25, 0.3) is 0 Å². The fourth-order valence-electron chi connectivity index (χ4n) is 4.10. The van der Waals surface area contributed by atoms with E-state index in [1.807, 2.05) is 13.0 Å². The number of imide groups is 1. The van der Waals surface area contributed by atoms with Crippen molar-refractivity contribution < 1.29 is 9.59 Å². The van der Waals surface area contributed by atoms with Crippen molar-refractivity contribution in [1.29, 1.82) is 0 Å². The molecule has 1 saturated carbocycles. The number of aryl methyl sites for hydroxylation is 1. The van der Waals surface area contributed by atoms with Crippen molar-refractivity contribution in [1.82, 2.24) is 0 Å². The van der Waals surface area contributed by atoms with Crippen LogP contribution in [0.15, 0.2) is 30.4 Å². The second-order valence-electron chi connectivity index (χ2n) is 6.29. The molecule has 1 saturated heterocycles. The van der Waals surface area contributed by atoms with E-state index < -0.39 is 0 Å². The minimum atomic E-state index is -0.155. The van der Waals surface area contributed by atoms with Gasteiger partial charge in [0.25, 0.3) is 0 Å². The van der Waals surface area contributed by atoms with Crippen LogP contribution in [0, 0.1) is 30.6 Å². The summed E-state index contributed by atoms with van der Waals surface area (Å²) in [5.41, 5.74) is 1.53. The van der Waals surface area contributed by atoms with Crippen LogP contribution in [0.1, 0.15) is 18.4 Å². The number of carbonyl (C=O) groups is 2. The fourth-order valence-corrected chi connectivity index (χ4v) is 4.21. The quantitative estimate of drug-likeness (QED) is 0.589. The summed E-state index contributed by atoms with van der Waals surface area (Å²) in [6.45, 7) is 1.88. The van der Waals surface area contributed by atoms with Gasteiger partial charge in [0, 0.05) is 5.02 Å². The normalized spacial score (nSPS) is 33.7. The van der Waals surface area contributed by atoms with Gasteiger partial charge in [-0.05, 0) is 55.4 Å². The highest BCUT2D eigenvalue weighted by Gasteiger charge is 2.56. The van der Waals surface area contributed by atoms with Crippen molar-refractivity contribution in [2.45, 2.75) is 19.8 Å². The van der Waals surface area contributed by atoms with Gasteiger partial charge in [0.15, 0.2) is 0 Å². The molecule has 4 unspecified atom stereocenters. The Morgan fingerprint density at radius 3 is 2.10 bits per heavy atom. The minimum Gasteiger partial charge on any atom is -0.274 e. The maximum atomic E-state index is 12.8. The number of nitrogens with zero attached hydrogens (tertiary/aromatic N) is 1. The van der Waals surface area contributed by atoms with Gasteiger partial charge in [0.1, 0.15) is 0 Å². The Morgan fingerprint density at radius 2 is 1.62 bits per heavy atom. The molecule has 0 aromatic heterocycles. The first-order valence-corrected chi connectivity index (χ1v) is 7.78. The fraction of sp³-hybridized carbons (Fsp3) is 0.412. The van der Waals surface area contributed by atoms with E-state index in [0.717, 1.165) is 18.4 Å². The third-order valence-corrected chi connectivity index (χ3v) is 5.58. The average molecular weight is 302 g/mol. The number of hydrogen-bond acceptors (Lipinski definition) is 2. The number of anilines is 1. The smallest absolute Gasteiger partial charge is 0.238 e. The van der Waals surface area contributed by atoms with Gasteiger partial charge in [0.05, 0.1) is 17.5 Å². The first-order valence-electron chi connectivity index (χ1n) is 7.40. The van der Waals surface area contributed by atoms with E-state index >= 15 is 0 Å². The second kappa shape index (κ2) is 4.44. The van der Waals surface area contributed by atoms with Crippen LogP contribution in [0.3, 0.4) is 0 Å². The van der Waals surface area contributed by atoms with Gasteiger partial charge in [-0.15, -0.1) is 0 Å². The topological polar surface area (TPSA) is 37.4 Å². The Labute approximate surface area is 128 Å². The minimum absolute atomic E-state index is 0.0363. The van der Waals surface area contributed by atoms with Crippen LogP contribution in [0.5, 0.6) is 0 Å². The summed E-state index contributed by atoms with van der Waals surface area (Å²) < 4.78 is 0. The zero-order valence-electron chi connectivity index (χ0n) is 11.8. The lowest BCUT2D eigenvalue weighted by Crippen LogP contribution is -2.38. The van der Waals surface area contributed by atoms with Gasteiger partial charge in [-0.3, -0.25) is 14.5 Å². The molecule has 3 aliphatic carbocycles. The van der Waals surface area contributed by atoms with E-state index in [2.05, 4.69) is 12.2 Å². The van der Waals surface area contributed by atoms with Crippen molar-refractivity contribution in [3.8, 4) is 0 Å². The van der Waals surface area contributed by atoms with Gasteiger partial charge in [-0.2, -0.15) is 0 Å². The van der Waals surface area contributed by atoms with Crippen LogP contribution >= 0.6 is 11.6 Å². The molecule has 1 heterocycles. The molecule has 0 spiro atoms. The number of halogens is 1. The van der Waals surface area contributed by atoms with Gasteiger partial charge in [-0.1, -0.05) is 23.8 Å². The number of benzene rings is 1. The zero-order chi connectivity index (χ0) is 14.7. The van der Waals surface area contributed by atoms with E-state index in [4.69, 9.17) is 11.6 Å². The Bertz CT molecular complexity index is 649. The molecule has 2 fully saturated rings. The highest BCUT2D eigenvalue weighted by molar-refractivity contribution is 6.31. The van der Waals surface area contributed by atoms with Crippen LogP contribution in [-0.2, 0) is 9.59 Å². The third-order valence-electron chi connectivity index (χ3n) is 5.16. The molecule has 4 atom stereocenters. The first kappa shape index (κ1) is 13.1. The van der Waals surface area contributed by atoms with E-state index in [1.54, 1.807) is 12.1 Å².